The molecule has 0 radical (unpaired) electrons. The Morgan fingerprint density at radius 2 is 1.29 bits per heavy atom. The van der Waals surface area contributed by atoms with Crippen LogP contribution < -0.4 is 5.32 Å². The molecule has 0 saturated heterocycles. The van der Waals surface area contributed by atoms with Crippen LogP contribution in [0.2, 0.25) is 6.04 Å². The Balaban J connectivity index is 2.99. The molecule has 0 aromatic heterocycles. The molecule has 0 aliphatic rings. The lowest BCUT2D eigenvalue weighted by molar-refractivity contribution is -0.870. The summed E-state index contributed by atoms with van der Waals surface area (Å²) < 4.78 is 1.12. The molecular weight excluding hydrogens is 224 g/mol. The highest BCUT2D eigenvalue weighted by Crippen LogP contribution is 2.06. The average Bonchev–Trinajstić information content (AvgIpc) is 2.24. The highest BCUT2D eigenvalue weighted by Gasteiger charge is 2.04. The van der Waals surface area contributed by atoms with Crippen LogP contribution in [0.3, 0.4) is 0 Å². The molecular formula is C14H35N2Si+. The van der Waals surface area contributed by atoms with Gasteiger partial charge in [-0.25, -0.2) is 0 Å². The molecule has 2 nitrogen and oxygen atoms in total. The Hall–Kier alpha value is 0.137. The van der Waals surface area contributed by atoms with Crippen LogP contribution in [-0.2, 0) is 0 Å². The van der Waals surface area contributed by atoms with Crippen LogP contribution in [0.5, 0.6) is 0 Å². The van der Waals surface area contributed by atoms with E-state index < -0.39 is 0 Å². The molecule has 0 fully saturated rings. The van der Waals surface area contributed by atoms with Gasteiger partial charge in [-0.3, -0.25) is 0 Å². The van der Waals surface area contributed by atoms with Crippen molar-refractivity contribution < 1.29 is 4.48 Å². The minimum atomic E-state index is 1.12. The largest absolute Gasteiger partial charge is 0.331 e. The fraction of sp³-hybridized carbons (Fsp3) is 1.00. The summed E-state index contributed by atoms with van der Waals surface area (Å²) in [6, 6.07) is 1.44. The minimum Gasteiger partial charge on any atom is -0.331 e. The van der Waals surface area contributed by atoms with Gasteiger partial charge in [0.2, 0.25) is 0 Å². The van der Waals surface area contributed by atoms with Gasteiger partial charge in [0, 0.05) is 10.2 Å². The SMILES string of the molecule is C[N+](C)(C)CCCCCCCCNCCC[SiH3]. The summed E-state index contributed by atoms with van der Waals surface area (Å²) in [5, 5.41) is 3.53. The van der Waals surface area contributed by atoms with Crippen molar-refractivity contribution in [3.63, 3.8) is 0 Å². The fourth-order valence-corrected chi connectivity index (χ4v) is 2.32. The van der Waals surface area contributed by atoms with Gasteiger partial charge in [0.15, 0.2) is 0 Å². The summed E-state index contributed by atoms with van der Waals surface area (Å²) in [7, 11) is 8.21. The number of nitrogens with one attached hydrogen (secondary N) is 1. The molecule has 3 heteroatoms. The van der Waals surface area contributed by atoms with Gasteiger partial charge in [-0.05, 0) is 38.8 Å². The maximum atomic E-state index is 3.53. The Labute approximate surface area is 112 Å². The standard InChI is InChI=1S/C14H35N2Si/c1-16(2,3)13-9-7-5-4-6-8-11-15-12-10-14-17/h15H,4-14H2,1-3,17H3/q+1. The number of hydrogen-bond donors (Lipinski definition) is 1. The first kappa shape index (κ1) is 17.1. The van der Waals surface area contributed by atoms with Crippen LogP contribution in [-0.4, -0.2) is 55.5 Å². The fourth-order valence-electron chi connectivity index (χ4n) is 1.97. The predicted molar refractivity (Wildman–Crippen MR) is 82.8 cm³/mol. The van der Waals surface area contributed by atoms with E-state index in [0.717, 1.165) is 4.48 Å². The molecule has 0 aromatic carbocycles. The maximum Gasteiger partial charge on any atom is 0.0780 e. The molecule has 0 aliphatic carbocycles. The topological polar surface area (TPSA) is 12.0 Å². The zero-order valence-electron chi connectivity index (χ0n) is 12.7. The number of nitrogens with zero attached hydrogens (tertiary/aromatic N) is 1. The zero-order chi connectivity index (χ0) is 13.0. The van der Waals surface area contributed by atoms with E-state index in [1.54, 1.807) is 0 Å². The molecule has 0 unspecified atom stereocenters. The molecule has 0 aromatic rings. The molecule has 0 heterocycles. The van der Waals surface area contributed by atoms with Crippen LogP contribution in [0.4, 0.5) is 0 Å². The highest BCUT2D eigenvalue weighted by molar-refractivity contribution is 6.08. The van der Waals surface area contributed by atoms with Crippen molar-refractivity contribution in [1.29, 1.82) is 0 Å². The Kier molecular flexibility index (Phi) is 11.3. The Bertz CT molecular complexity index is 155. The van der Waals surface area contributed by atoms with Gasteiger partial charge >= 0.3 is 0 Å². The third-order valence-electron chi connectivity index (χ3n) is 3.14. The van der Waals surface area contributed by atoms with E-state index >= 15 is 0 Å². The first-order valence-electron chi connectivity index (χ1n) is 7.57. The number of quaternary nitrogens is 1. The second kappa shape index (κ2) is 11.2. The molecule has 0 spiro atoms. The molecule has 0 saturated carbocycles. The van der Waals surface area contributed by atoms with E-state index in [1.807, 2.05) is 0 Å². The molecule has 0 aliphatic heterocycles. The van der Waals surface area contributed by atoms with Gasteiger partial charge in [0.1, 0.15) is 0 Å². The first-order valence-corrected chi connectivity index (χ1v) is 8.99. The van der Waals surface area contributed by atoms with Crippen LogP contribution in [0.1, 0.15) is 44.9 Å². The first-order chi connectivity index (χ1) is 8.06. The van der Waals surface area contributed by atoms with Crippen molar-refractivity contribution in [2.24, 2.45) is 0 Å². The van der Waals surface area contributed by atoms with Crippen molar-refractivity contribution >= 4 is 10.2 Å². The summed E-state index contributed by atoms with van der Waals surface area (Å²) >= 11 is 0. The monoisotopic (exact) mass is 259 g/mol. The van der Waals surface area contributed by atoms with E-state index in [4.69, 9.17) is 0 Å². The minimum absolute atomic E-state index is 1.12. The molecule has 104 valence electrons. The van der Waals surface area contributed by atoms with E-state index in [2.05, 4.69) is 26.5 Å². The number of rotatable bonds is 12. The zero-order valence-corrected chi connectivity index (χ0v) is 14.7. The number of unbranched alkanes of at least 4 members (excludes halogenated alkanes) is 5. The summed E-state index contributed by atoms with van der Waals surface area (Å²) in [4.78, 5) is 0. The summed E-state index contributed by atoms with van der Waals surface area (Å²) in [6.07, 6.45) is 9.84. The molecule has 0 rings (SSSR count). The van der Waals surface area contributed by atoms with Gasteiger partial charge < -0.3 is 9.80 Å². The average molecular weight is 260 g/mol. The van der Waals surface area contributed by atoms with Crippen LogP contribution >= 0.6 is 0 Å². The van der Waals surface area contributed by atoms with Gasteiger partial charge in [-0.15, -0.1) is 0 Å². The van der Waals surface area contributed by atoms with E-state index in [9.17, 15) is 0 Å². The lowest BCUT2D eigenvalue weighted by Crippen LogP contribution is -2.35. The highest BCUT2D eigenvalue weighted by atomic mass is 28.1. The van der Waals surface area contributed by atoms with Crippen LogP contribution in [0.25, 0.3) is 0 Å². The molecule has 0 atom stereocenters. The summed E-state index contributed by atoms with van der Waals surface area (Å²) in [5.74, 6) is 0. The van der Waals surface area contributed by atoms with Gasteiger partial charge in [-0.1, -0.05) is 25.3 Å². The molecule has 17 heavy (non-hydrogen) atoms. The predicted octanol–water partition coefficient (Wildman–Crippen LogP) is 1.80. The smallest absolute Gasteiger partial charge is 0.0780 e. The molecule has 0 amide bonds. The van der Waals surface area contributed by atoms with Gasteiger partial charge in [0.05, 0.1) is 27.7 Å². The van der Waals surface area contributed by atoms with E-state index in [0.29, 0.717) is 0 Å². The Morgan fingerprint density at radius 1 is 0.765 bits per heavy atom. The molecule has 1 N–H and O–H groups in total. The van der Waals surface area contributed by atoms with Crippen molar-refractivity contribution in [2.75, 3.05) is 40.8 Å². The van der Waals surface area contributed by atoms with Crippen molar-refractivity contribution in [2.45, 2.75) is 51.0 Å². The van der Waals surface area contributed by atoms with Crippen molar-refractivity contribution in [3.8, 4) is 0 Å². The van der Waals surface area contributed by atoms with E-state index in [-0.39, 0.29) is 0 Å². The van der Waals surface area contributed by atoms with Crippen LogP contribution in [0.15, 0.2) is 0 Å². The third-order valence-corrected chi connectivity index (χ3v) is 3.85. The molecule has 0 bridgehead atoms. The van der Waals surface area contributed by atoms with Crippen molar-refractivity contribution in [1.82, 2.24) is 5.32 Å². The Morgan fingerprint density at radius 3 is 1.88 bits per heavy atom. The second-order valence-corrected chi connectivity index (χ2v) is 7.24. The third kappa shape index (κ3) is 16.1. The van der Waals surface area contributed by atoms with Crippen LogP contribution in [0, 0.1) is 0 Å². The van der Waals surface area contributed by atoms with E-state index in [1.165, 1.54) is 80.9 Å². The summed E-state index contributed by atoms with van der Waals surface area (Å²) in [5.41, 5.74) is 0. The summed E-state index contributed by atoms with van der Waals surface area (Å²) in [6.45, 7) is 3.80. The number of hydrogen-bond acceptors (Lipinski definition) is 1. The van der Waals surface area contributed by atoms with Crippen molar-refractivity contribution in [3.05, 3.63) is 0 Å². The second-order valence-electron chi connectivity index (χ2n) is 6.24. The maximum absolute atomic E-state index is 3.53. The van der Waals surface area contributed by atoms with Gasteiger partial charge in [0.25, 0.3) is 0 Å². The normalized spacial score (nSPS) is 12.2. The van der Waals surface area contributed by atoms with Gasteiger partial charge in [-0.2, -0.15) is 0 Å². The lowest BCUT2D eigenvalue weighted by Gasteiger charge is -2.23. The quantitative estimate of drug-likeness (QED) is 0.320. The lowest BCUT2D eigenvalue weighted by atomic mass is 10.1.